The molecule has 5 heteroatoms. The minimum absolute atomic E-state index is 0.305. The molecule has 0 heterocycles. The number of anilines is 1. The highest BCUT2D eigenvalue weighted by Crippen LogP contribution is 2.38. The Labute approximate surface area is 112 Å². The number of ether oxygens (including phenoxy) is 1. The van der Waals surface area contributed by atoms with Gasteiger partial charge in [-0.05, 0) is 40.2 Å². The van der Waals surface area contributed by atoms with E-state index in [-0.39, 0.29) is 0 Å². The molecule has 0 amide bonds. The third kappa shape index (κ3) is 2.31. The summed E-state index contributed by atoms with van der Waals surface area (Å²) >= 11 is 3.18. The zero-order chi connectivity index (χ0) is 13.3. The number of hydrogen-bond donors (Lipinski definition) is 1. The topological polar surface area (TPSA) is 35.2 Å². The number of benzene rings is 2. The van der Waals surface area contributed by atoms with Crippen LogP contribution < -0.4 is 10.5 Å². The Hall–Kier alpha value is -1.62. The Balaban J connectivity index is 2.69. The monoisotopic (exact) mass is 313 g/mol. The summed E-state index contributed by atoms with van der Waals surface area (Å²) in [6, 6.07) is 6.57. The van der Waals surface area contributed by atoms with Crippen LogP contribution in [0.2, 0.25) is 0 Å². The molecule has 0 radical (unpaired) electrons. The molecule has 0 saturated heterocycles. The average Bonchev–Trinajstić information content (AvgIpc) is 2.34. The molecule has 0 aromatic heterocycles. The summed E-state index contributed by atoms with van der Waals surface area (Å²) in [5, 5.41) is 0. The van der Waals surface area contributed by atoms with Gasteiger partial charge in [-0.25, -0.2) is 8.78 Å². The molecule has 2 nitrogen and oxygen atoms in total. The smallest absolute Gasteiger partial charge is 0.129 e. The van der Waals surface area contributed by atoms with Crippen molar-refractivity contribution in [1.82, 2.24) is 0 Å². The maximum absolute atomic E-state index is 13.4. The quantitative estimate of drug-likeness (QED) is 0.851. The summed E-state index contributed by atoms with van der Waals surface area (Å²) in [6.45, 7) is 0. The second kappa shape index (κ2) is 4.94. The van der Waals surface area contributed by atoms with E-state index in [1.807, 2.05) is 0 Å². The van der Waals surface area contributed by atoms with Gasteiger partial charge in [0.15, 0.2) is 0 Å². The van der Waals surface area contributed by atoms with Gasteiger partial charge in [0.2, 0.25) is 0 Å². The van der Waals surface area contributed by atoms with Crippen LogP contribution in [0.3, 0.4) is 0 Å². The first-order valence-electron chi connectivity index (χ1n) is 5.11. The van der Waals surface area contributed by atoms with Crippen LogP contribution in [0.15, 0.2) is 34.8 Å². The van der Waals surface area contributed by atoms with Crippen LogP contribution in [0.25, 0.3) is 11.1 Å². The molecule has 0 aliphatic heterocycles. The van der Waals surface area contributed by atoms with E-state index >= 15 is 0 Å². The summed E-state index contributed by atoms with van der Waals surface area (Å²) in [5.41, 5.74) is 7.25. The van der Waals surface area contributed by atoms with E-state index in [1.165, 1.54) is 37.4 Å². The number of hydrogen-bond acceptors (Lipinski definition) is 2. The van der Waals surface area contributed by atoms with Crippen LogP contribution in [0, 0.1) is 11.6 Å². The van der Waals surface area contributed by atoms with Crippen molar-refractivity contribution in [2.45, 2.75) is 0 Å². The van der Waals surface area contributed by atoms with E-state index in [1.54, 1.807) is 0 Å². The standard InChI is InChI=1S/C13H10BrF2NO/c1-18-12-6-7(15)2-3-9(12)10-4-8(16)5-11(14)13(10)17/h2-6H,17H2,1H3. The lowest BCUT2D eigenvalue weighted by Gasteiger charge is -2.12. The first kappa shape index (κ1) is 12.8. The van der Waals surface area contributed by atoms with Crippen LogP contribution in [-0.2, 0) is 0 Å². The molecule has 0 fully saturated rings. The molecule has 0 saturated carbocycles. The zero-order valence-electron chi connectivity index (χ0n) is 9.51. The third-order valence-electron chi connectivity index (χ3n) is 2.55. The third-order valence-corrected chi connectivity index (χ3v) is 3.20. The van der Waals surface area contributed by atoms with E-state index in [2.05, 4.69) is 15.9 Å². The van der Waals surface area contributed by atoms with Gasteiger partial charge in [-0.15, -0.1) is 0 Å². The fraction of sp³-hybridized carbons (Fsp3) is 0.0769. The molecule has 0 atom stereocenters. The number of halogens is 3. The van der Waals surface area contributed by atoms with Crippen LogP contribution in [0.1, 0.15) is 0 Å². The van der Waals surface area contributed by atoms with Gasteiger partial charge in [-0.2, -0.15) is 0 Å². The number of methoxy groups -OCH3 is 1. The summed E-state index contributed by atoms with van der Waals surface area (Å²) in [4.78, 5) is 0. The maximum Gasteiger partial charge on any atom is 0.129 e. The highest BCUT2D eigenvalue weighted by atomic mass is 79.9. The number of rotatable bonds is 2. The predicted octanol–water partition coefficient (Wildman–Crippen LogP) is 3.99. The maximum atomic E-state index is 13.4. The second-order valence-electron chi connectivity index (χ2n) is 3.69. The van der Waals surface area contributed by atoms with Crippen LogP contribution in [0.4, 0.5) is 14.5 Å². The number of nitrogen functional groups attached to an aromatic ring is 1. The van der Waals surface area contributed by atoms with Crippen LogP contribution in [0.5, 0.6) is 5.75 Å². The van der Waals surface area contributed by atoms with E-state index in [0.717, 1.165) is 0 Å². The van der Waals surface area contributed by atoms with E-state index in [4.69, 9.17) is 10.5 Å². The van der Waals surface area contributed by atoms with Gasteiger partial charge in [-0.3, -0.25) is 0 Å². The zero-order valence-corrected chi connectivity index (χ0v) is 11.1. The molecule has 0 aliphatic carbocycles. The van der Waals surface area contributed by atoms with Crippen molar-refractivity contribution >= 4 is 21.6 Å². The van der Waals surface area contributed by atoms with Gasteiger partial charge in [-0.1, -0.05) is 0 Å². The summed E-state index contributed by atoms with van der Waals surface area (Å²) in [5.74, 6) is -0.554. The minimum atomic E-state index is -0.433. The molecule has 2 aromatic carbocycles. The Kier molecular flexibility index (Phi) is 3.52. The summed E-state index contributed by atoms with van der Waals surface area (Å²) < 4.78 is 32.1. The molecule has 2 N–H and O–H groups in total. The molecule has 2 aromatic rings. The molecule has 0 aliphatic rings. The fourth-order valence-corrected chi connectivity index (χ4v) is 2.13. The lowest BCUT2D eigenvalue weighted by Crippen LogP contribution is -1.96. The SMILES string of the molecule is COc1cc(F)ccc1-c1cc(F)cc(Br)c1N. The Bertz CT molecular complexity index is 602. The molecule has 94 valence electrons. The predicted molar refractivity (Wildman–Crippen MR) is 70.5 cm³/mol. The van der Waals surface area contributed by atoms with Crippen molar-refractivity contribution in [3.05, 3.63) is 46.4 Å². The highest BCUT2D eigenvalue weighted by molar-refractivity contribution is 9.10. The Morgan fingerprint density at radius 3 is 2.44 bits per heavy atom. The Morgan fingerprint density at radius 1 is 1.06 bits per heavy atom. The van der Waals surface area contributed by atoms with Gasteiger partial charge < -0.3 is 10.5 Å². The van der Waals surface area contributed by atoms with Gasteiger partial charge in [0, 0.05) is 21.7 Å². The lowest BCUT2D eigenvalue weighted by molar-refractivity contribution is 0.413. The van der Waals surface area contributed by atoms with Crippen molar-refractivity contribution in [1.29, 1.82) is 0 Å². The molecule has 0 unspecified atom stereocenters. The van der Waals surface area contributed by atoms with E-state index in [0.29, 0.717) is 27.0 Å². The van der Waals surface area contributed by atoms with Crippen molar-refractivity contribution in [2.24, 2.45) is 0 Å². The van der Waals surface area contributed by atoms with E-state index < -0.39 is 11.6 Å². The van der Waals surface area contributed by atoms with Gasteiger partial charge in [0.25, 0.3) is 0 Å². The van der Waals surface area contributed by atoms with Crippen molar-refractivity contribution in [2.75, 3.05) is 12.8 Å². The highest BCUT2D eigenvalue weighted by Gasteiger charge is 2.13. The van der Waals surface area contributed by atoms with Crippen LogP contribution >= 0.6 is 15.9 Å². The van der Waals surface area contributed by atoms with Crippen molar-refractivity contribution in [3.8, 4) is 16.9 Å². The Morgan fingerprint density at radius 2 is 1.78 bits per heavy atom. The molecular formula is C13H10BrF2NO. The van der Waals surface area contributed by atoms with Gasteiger partial charge in [0.1, 0.15) is 17.4 Å². The average molecular weight is 314 g/mol. The molecule has 2 rings (SSSR count). The second-order valence-corrected chi connectivity index (χ2v) is 4.55. The molecule has 0 spiro atoms. The van der Waals surface area contributed by atoms with Crippen molar-refractivity contribution in [3.63, 3.8) is 0 Å². The molecule has 0 bridgehead atoms. The first-order valence-corrected chi connectivity index (χ1v) is 5.90. The van der Waals surface area contributed by atoms with Crippen molar-refractivity contribution < 1.29 is 13.5 Å². The lowest BCUT2D eigenvalue weighted by atomic mass is 10.0. The summed E-state index contributed by atoms with van der Waals surface area (Å²) in [6.07, 6.45) is 0. The van der Waals surface area contributed by atoms with Gasteiger partial charge in [0.05, 0.1) is 12.8 Å². The minimum Gasteiger partial charge on any atom is -0.496 e. The van der Waals surface area contributed by atoms with Gasteiger partial charge >= 0.3 is 0 Å². The normalized spacial score (nSPS) is 10.4. The van der Waals surface area contributed by atoms with E-state index in [9.17, 15) is 8.78 Å². The van der Waals surface area contributed by atoms with Crippen LogP contribution in [-0.4, -0.2) is 7.11 Å². The number of nitrogens with two attached hydrogens (primary N) is 1. The summed E-state index contributed by atoms with van der Waals surface area (Å²) in [7, 11) is 1.42. The molecular weight excluding hydrogens is 304 g/mol. The molecule has 18 heavy (non-hydrogen) atoms. The fourth-order valence-electron chi connectivity index (χ4n) is 1.70. The largest absolute Gasteiger partial charge is 0.496 e. The first-order chi connectivity index (χ1) is 8.52.